The van der Waals surface area contributed by atoms with E-state index in [1.54, 1.807) is 26.3 Å². The second-order valence-corrected chi connectivity index (χ2v) is 5.50. The van der Waals surface area contributed by atoms with Gasteiger partial charge >= 0.3 is 5.97 Å². The van der Waals surface area contributed by atoms with Crippen molar-refractivity contribution in [2.75, 3.05) is 7.11 Å². The number of amides is 1. The molecule has 24 heavy (non-hydrogen) atoms. The molecule has 0 aliphatic heterocycles. The zero-order chi connectivity index (χ0) is 17.5. The van der Waals surface area contributed by atoms with E-state index in [1.165, 1.54) is 6.20 Å². The predicted octanol–water partition coefficient (Wildman–Crippen LogP) is 2.74. The summed E-state index contributed by atoms with van der Waals surface area (Å²) >= 11 is 0. The molecule has 126 valence electrons. The third-order valence-corrected chi connectivity index (χ3v) is 3.59. The molecule has 0 aliphatic carbocycles. The lowest BCUT2D eigenvalue weighted by atomic mass is 10.1. The SMILES string of the molecule is COc1ccc(-c2cncc(C(=O)NC(C)CCC(=O)O)c2)cc1. The Bertz CT molecular complexity index is 713. The van der Waals surface area contributed by atoms with Gasteiger partial charge in [0.2, 0.25) is 0 Å². The van der Waals surface area contributed by atoms with E-state index in [0.717, 1.165) is 16.9 Å². The number of ether oxygens (including phenoxy) is 1. The molecule has 0 aliphatic rings. The van der Waals surface area contributed by atoms with Crippen molar-refractivity contribution in [2.45, 2.75) is 25.8 Å². The highest BCUT2D eigenvalue weighted by atomic mass is 16.5. The Morgan fingerprint density at radius 3 is 2.54 bits per heavy atom. The molecule has 1 aromatic carbocycles. The third kappa shape index (κ3) is 4.81. The number of rotatable bonds is 7. The van der Waals surface area contributed by atoms with Crippen molar-refractivity contribution in [2.24, 2.45) is 0 Å². The number of aromatic nitrogens is 1. The maximum absolute atomic E-state index is 12.3. The molecular weight excluding hydrogens is 308 g/mol. The third-order valence-electron chi connectivity index (χ3n) is 3.59. The molecule has 1 atom stereocenters. The fourth-order valence-corrected chi connectivity index (χ4v) is 2.22. The second-order valence-electron chi connectivity index (χ2n) is 5.50. The number of pyridine rings is 1. The molecule has 6 heteroatoms. The highest BCUT2D eigenvalue weighted by molar-refractivity contribution is 5.95. The van der Waals surface area contributed by atoms with Gasteiger partial charge in [0.1, 0.15) is 5.75 Å². The number of nitrogens with zero attached hydrogens (tertiary/aromatic N) is 1. The molecule has 1 aromatic heterocycles. The van der Waals surface area contributed by atoms with Gasteiger partial charge in [0.25, 0.3) is 5.91 Å². The minimum atomic E-state index is -0.876. The normalized spacial score (nSPS) is 11.6. The Kier molecular flexibility index (Phi) is 5.89. The zero-order valence-corrected chi connectivity index (χ0v) is 13.7. The van der Waals surface area contributed by atoms with Crippen LogP contribution in [0.15, 0.2) is 42.7 Å². The number of carbonyl (C=O) groups is 2. The van der Waals surface area contributed by atoms with Gasteiger partial charge in [-0.3, -0.25) is 14.6 Å². The lowest BCUT2D eigenvalue weighted by molar-refractivity contribution is -0.137. The van der Waals surface area contributed by atoms with Gasteiger partial charge in [-0.2, -0.15) is 0 Å². The van der Waals surface area contributed by atoms with Crippen LogP contribution >= 0.6 is 0 Å². The van der Waals surface area contributed by atoms with Crippen LogP contribution < -0.4 is 10.1 Å². The van der Waals surface area contributed by atoms with Crippen LogP contribution in [0.3, 0.4) is 0 Å². The topological polar surface area (TPSA) is 88.5 Å². The smallest absolute Gasteiger partial charge is 0.303 e. The number of methoxy groups -OCH3 is 1. The Morgan fingerprint density at radius 2 is 1.92 bits per heavy atom. The first-order valence-electron chi connectivity index (χ1n) is 7.61. The molecule has 2 rings (SSSR count). The van der Waals surface area contributed by atoms with E-state index in [0.29, 0.717) is 12.0 Å². The van der Waals surface area contributed by atoms with E-state index in [-0.39, 0.29) is 18.4 Å². The van der Waals surface area contributed by atoms with Gasteiger partial charge < -0.3 is 15.2 Å². The van der Waals surface area contributed by atoms with Crippen LogP contribution in [0.1, 0.15) is 30.1 Å². The van der Waals surface area contributed by atoms with E-state index >= 15 is 0 Å². The second kappa shape index (κ2) is 8.10. The minimum Gasteiger partial charge on any atom is -0.497 e. The fourth-order valence-electron chi connectivity index (χ4n) is 2.22. The summed E-state index contributed by atoms with van der Waals surface area (Å²) < 4.78 is 5.13. The molecule has 0 saturated heterocycles. The van der Waals surface area contributed by atoms with Gasteiger partial charge in [-0.15, -0.1) is 0 Å². The van der Waals surface area contributed by atoms with Crippen LogP contribution in [-0.2, 0) is 4.79 Å². The van der Waals surface area contributed by atoms with Crippen LogP contribution in [0.2, 0.25) is 0 Å². The minimum absolute atomic E-state index is 0.0194. The Balaban J connectivity index is 2.08. The van der Waals surface area contributed by atoms with E-state index in [2.05, 4.69) is 10.3 Å². The van der Waals surface area contributed by atoms with E-state index < -0.39 is 5.97 Å². The molecule has 1 amide bonds. The monoisotopic (exact) mass is 328 g/mol. The first-order valence-corrected chi connectivity index (χ1v) is 7.61. The highest BCUT2D eigenvalue weighted by Gasteiger charge is 2.12. The largest absolute Gasteiger partial charge is 0.497 e. The summed E-state index contributed by atoms with van der Waals surface area (Å²) in [6, 6.07) is 9.01. The number of aliphatic carboxylic acids is 1. The molecule has 6 nitrogen and oxygen atoms in total. The summed E-state index contributed by atoms with van der Waals surface area (Å²) in [7, 11) is 1.60. The van der Waals surface area contributed by atoms with Crippen molar-refractivity contribution in [3.63, 3.8) is 0 Å². The Labute approximate surface area is 140 Å². The number of hydrogen-bond acceptors (Lipinski definition) is 4. The summed E-state index contributed by atoms with van der Waals surface area (Å²) in [4.78, 5) is 27.0. The van der Waals surface area contributed by atoms with Crippen LogP contribution in [0, 0.1) is 0 Å². The molecular formula is C18H20N2O4. The Hall–Kier alpha value is -2.89. The maximum atomic E-state index is 12.3. The van der Waals surface area contributed by atoms with Crippen LogP contribution in [0.25, 0.3) is 11.1 Å². The molecule has 0 spiro atoms. The van der Waals surface area contributed by atoms with Crippen LogP contribution in [0.5, 0.6) is 5.75 Å². The summed E-state index contributed by atoms with van der Waals surface area (Å²) in [6.07, 6.45) is 3.58. The number of hydrogen-bond donors (Lipinski definition) is 2. The van der Waals surface area contributed by atoms with Crippen molar-refractivity contribution < 1.29 is 19.4 Å². The van der Waals surface area contributed by atoms with Gasteiger partial charge in [-0.25, -0.2) is 0 Å². The van der Waals surface area contributed by atoms with Gasteiger partial charge in [0, 0.05) is 30.4 Å². The summed E-state index contributed by atoms with van der Waals surface area (Å²) in [5.74, 6) is -0.386. The number of benzene rings is 1. The fraction of sp³-hybridized carbons (Fsp3) is 0.278. The van der Waals surface area contributed by atoms with Crippen LogP contribution in [-0.4, -0.2) is 35.1 Å². The average molecular weight is 328 g/mol. The van der Waals surface area contributed by atoms with E-state index in [9.17, 15) is 9.59 Å². The molecule has 1 heterocycles. The van der Waals surface area contributed by atoms with Gasteiger partial charge in [0.05, 0.1) is 12.7 Å². The van der Waals surface area contributed by atoms with Gasteiger partial charge in [0.15, 0.2) is 0 Å². The molecule has 0 bridgehead atoms. The van der Waals surface area contributed by atoms with Gasteiger partial charge in [-0.1, -0.05) is 12.1 Å². The summed E-state index contributed by atoms with van der Waals surface area (Å²) in [5.41, 5.74) is 2.19. The number of nitrogens with one attached hydrogen (secondary N) is 1. The standard InChI is InChI=1S/C18H20N2O4/c1-12(3-8-17(21)22)20-18(23)15-9-14(10-19-11-15)13-4-6-16(24-2)7-5-13/h4-7,9-12H,3,8H2,1-2H3,(H,20,23)(H,21,22). The number of carboxylic acid groups (broad SMARTS) is 1. The highest BCUT2D eigenvalue weighted by Crippen LogP contribution is 2.22. The molecule has 2 aromatic rings. The first-order chi connectivity index (χ1) is 11.5. The molecule has 2 N–H and O–H groups in total. The van der Waals surface area contributed by atoms with Crippen molar-refractivity contribution in [3.8, 4) is 16.9 Å². The number of carbonyl (C=O) groups excluding carboxylic acids is 1. The molecule has 0 saturated carbocycles. The number of carboxylic acids is 1. The van der Waals surface area contributed by atoms with Crippen molar-refractivity contribution in [1.29, 1.82) is 0 Å². The van der Waals surface area contributed by atoms with Crippen molar-refractivity contribution in [1.82, 2.24) is 10.3 Å². The molecule has 0 fully saturated rings. The van der Waals surface area contributed by atoms with Crippen LogP contribution in [0.4, 0.5) is 0 Å². The maximum Gasteiger partial charge on any atom is 0.303 e. The summed E-state index contributed by atoms with van der Waals surface area (Å²) in [6.45, 7) is 1.78. The quantitative estimate of drug-likeness (QED) is 0.816. The molecule has 0 radical (unpaired) electrons. The first kappa shape index (κ1) is 17.5. The summed E-state index contributed by atoms with van der Waals surface area (Å²) in [5, 5.41) is 11.5. The molecule has 1 unspecified atom stereocenters. The van der Waals surface area contributed by atoms with E-state index in [1.807, 2.05) is 24.3 Å². The van der Waals surface area contributed by atoms with E-state index in [4.69, 9.17) is 9.84 Å². The van der Waals surface area contributed by atoms with Gasteiger partial charge in [-0.05, 0) is 37.1 Å². The Morgan fingerprint density at radius 1 is 1.21 bits per heavy atom. The van der Waals surface area contributed by atoms with Crippen molar-refractivity contribution >= 4 is 11.9 Å². The lowest BCUT2D eigenvalue weighted by Gasteiger charge is -2.13. The lowest BCUT2D eigenvalue weighted by Crippen LogP contribution is -2.33. The zero-order valence-electron chi connectivity index (χ0n) is 13.7. The average Bonchev–Trinajstić information content (AvgIpc) is 2.60. The predicted molar refractivity (Wildman–Crippen MR) is 90.0 cm³/mol. The van der Waals surface area contributed by atoms with Crippen molar-refractivity contribution in [3.05, 3.63) is 48.3 Å².